The van der Waals surface area contributed by atoms with Crippen molar-refractivity contribution in [1.82, 2.24) is 0 Å². The molecule has 48 valence electrons. The molecule has 1 saturated heterocycles. The van der Waals surface area contributed by atoms with E-state index in [1.54, 1.807) is 6.16 Å². The molecule has 8 heavy (non-hydrogen) atoms. The fourth-order valence-corrected chi connectivity index (χ4v) is 3.71. The Labute approximate surface area is 53.4 Å². The van der Waals surface area contributed by atoms with Gasteiger partial charge in [0.15, 0.2) is 0 Å². The molecule has 1 heteroatoms. The minimum Gasteiger partial charge on any atom is -0.104 e. The van der Waals surface area contributed by atoms with Crippen molar-refractivity contribution < 1.29 is 0 Å². The third kappa shape index (κ3) is 1.05. The van der Waals surface area contributed by atoms with Crippen LogP contribution < -0.4 is 0 Å². The van der Waals surface area contributed by atoms with Crippen LogP contribution in [0.25, 0.3) is 0 Å². The van der Waals surface area contributed by atoms with Crippen molar-refractivity contribution in [3.05, 3.63) is 0 Å². The van der Waals surface area contributed by atoms with Gasteiger partial charge in [-0.1, -0.05) is 13.8 Å². The Kier molecular flexibility index (Phi) is 2.31. The molecule has 0 aromatic rings. The van der Waals surface area contributed by atoms with Gasteiger partial charge in [-0.25, -0.2) is 0 Å². The molecule has 0 saturated carbocycles. The van der Waals surface area contributed by atoms with Gasteiger partial charge in [-0.2, -0.15) is 0 Å². The Balaban J connectivity index is 2.16. The molecule has 0 nitrogen and oxygen atoms in total. The predicted octanol–water partition coefficient (Wildman–Crippen LogP) is 2.67. The van der Waals surface area contributed by atoms with Crippen molar-refractivity contribution in [2.24, 2.45) is 0 Å². The maximum atomic E-state index is 2.34. The second kappa shape index (κ2) is 2.82. The van der Waals surface area contributed by atoms with Crippen molar-refractivity contribution in [2.75, 3.05) is 12.3 Å². The van der Waals surface area contributed by atoms with Gasteiger partial charge >= 0.3 is 0 Å². The van der Waals surface area contributed by atoms with Crippen LogP contribution in [0.5, 0.6) is 0 Å². The van der Waals surface area contributed by atoms with Crippen molar-refractivity contribution in [2.45, 2.75) is 32.3 Å². The molecule has 0 aromatic carbocycles. The first kappa shape index (κ1) is 6.55. The van der Waals surface area contributed by atoms with Gasteiger partial charge in [-0.05, 0) is 30.8 Å². The molecule has 1 rings (SSSR count). The fraction of sp³-hybridized carbons (Fsp3) is 1.00. The van der Waals surface area contributed by atoms with E-state index in [0.29, 0.717) is 7.92 Å². The fourth-order valence-electron chi connectivity index (χ4n) is 1.37. The number of rotatable bonds is 2. The highest BCUT2D eigenvalue weighted by molar-refractivity contribution is 7.60. The lowest BCUT2D eigenvalue weighted by atomic mass is 10.2. The molecule has 1 aliphatic heterocycles. The lowest BCUT2D eigenvalue weighted by Gasteiger charge is -2.35. The molecule has 0 spiro atoms. The maximum Gasteiger partial charge on any atom is -0.0209 e. The summed E-state index contributed by atoms with van der Waals surface area (Å²) < 4.78 is 0. The highest BCUT2D eigenvalue weighted by atomic mass is 31.1. The summed E-state index contributed by atoms with van der Waals surface area (Å²) in [5, 5.41) is 0. The Bertz CT molecular complexity index is 56.8. The molecular weight excluding hydrogens is 115 g/mol. The van der Waals surface area contributed by atoms with Gasteiger partial charge in [0.05, 0.1) is 0 Å². The molecule has 0 N–H and O–H groups in total. The van der Waals surface area contributed by atoms with E-state index in [2.05, 4.69) is 13.8 Å². The van der Waals surface area contributed by atoms with Crippen molar-refractivity contribution in [3.8, 4) is 0 Å². The topological polar surface area (TPSA) is 0 Å². The van der Waals surface area contributed by atoms with Crippen molar-refractivity contribution in [3.63, 3.8) is 0 Å². The quantitative estimate of drug-likeness (QED) is 0.504. The van der Waals surface area contributed by atoms with Crippen LogP contribution in [0.3, 0.4) is 0 Å². The molecular formula is C7H15P. The standard InChI is InChI=1S/C7H15P/c1-3-7-5-6-8(7)4-2/h7H,3-6H2,1-2H3. The van der Waals surface area contributed by atoms with E-state index in [4.69, 9.17) is 0 Å². The van der Waals surface area contributed by atoms with E-state index in [1.165, 1.54) is 19.0 Å². The van der Waals surface area contributed by atoms with E-state index in [-0.39, 0.29) is 0 Å². The Morgan fingerprint density at radius 1 is 1.50 bits per heavy atom. The smallest absolute Gasteiger partial charge is 0.0209 e. The molecule has 1 aliphatic rings. The lowest BCUT2D eigenvalue weighted by Crippen LogP contribution is -2.19. The Morgan fingerprint density at radius 3 is 2.38 bits per heavy atom. The molecule has 0 aromatic heterocycles. The first-order valence-corrected chi connectivity index (χ1v) is 5.40. The first-order chi connectivity index (χ1) is 3.88. The zero-order chi connectivity index (χ0) is 5.98. The summed E-state index contributed by atoms with van der Waals surface area (Å²) in [5.74, 6) is 0. The molecule has 2 unspecified atom stereocenters. The summed E-state index contributed by atoms with van der Waals surface area (Å²) in [5.41, 5.74) is 1.16. The summed E-state index contributed by atoms with van der Waals surface area (Å²) in [7, 11) is 0.541. The summed E-state index contributed by atoms with van der Waals surface area (Å²) in [6.45, 7) is 4.67. The third-order valence-electron chi connectivity index (χ3n) is 2.14. The minimum atomic E-state index is 0.541. The highest BCUT2D eigenvalue weighted by Gasteiger charge is 2.25. The van der Waals surface area contributed by atoms with Crippen molar-refractivity contribution in [1.29, 1.82) is 0 Å². The molecule has 0 bridgehead atoms. The summed E-state index contributed by atoms with van der Waals surface area (Å²) in [6, 6.07) is 0. The monoisotopic (exact) mass is 130 g/mol. The summed E-state index contributed by atoms with van der Waals surface area (Å²) >= 11 is 0. The number of hydrogen-bond donors (Lipinski definition) is 0. The first-order valence-electron chi connectivity index (χ1n) is 3.62. The van der Waals surface area contributed by atoms with E-state index in [0.717, 1.165) is 5.66 Å². The van der Waals surface area contributed by atoms with Crippen LogP contribution >= 0.6 is 7.92 Å². The van der Waals surface area contributed by atoms with Gasteiger partial charge in [0.1, 0.15) is 0 Å². The molecule has 2 atom stereocenters. The van der Waals surface area contributed by atoms with Crippen LogP contribution in [0.2, 0.25) is 0 Å². The Hall–Kier alpha value is 0.430. The van der Waals surface area contributed by atoms with Gasteiger partial charge in [0, 0.05) is 0 Å². The second-order valence-corrected chi connectivity index (χ2v) is 5.47. The maximum absolute atomic E-state index is 2.34. The highest BCUT2D eigenvalue weighted by Crippen LogP contribution is 2.53. The largest absolute Gasteiger partial charge is 0.104 e. The third-order valence-corrected chi connectivity index (χ3v) is 5.44. The summed E-state index contributed by atoms with van der Waals surface area (Å²) in [6.07, 6.45) is 6.04. The second-order valence-electron chi connectivity index (χ2n) is 2.48. The van der Waals surface area contributed by atoms with Gasteiger partial charge in [0.25, 0.3) is 0 Å². The zero-order valence-corrected chi connectivity index (χ0v) is 6.75. The minimum absolute atomic E-state index is 0.541. The number of hydrogen-bond acceptors (Lipinski definition) is 0. The van der Waals surface area contributed by atoms with Gasteiger partial charge in [-0.3, -0.25) is 0 Å². The average molecular weight is 130 g/mol. The predicted molar refractivity (Wildman–Crippen MR) is 41.0 cm³/mol. The van der Waals surface area contributed by atoms with E-state index >= 15 is 0 Å². The van der Waals surface area contributed by atoms with Crippen molar-refractivity contribution >= 4 is 7.92 Å². The van der Waals surface area contributed by atoms with Crippen LogP contribution in [0.4, 0.5) is 0 Å². The van der Waals surface area contributed by atoms with Crippen LogP contribution in [0.15, 0.2) is 0 Å². The van der Waals surface area contributed by atoms with Gasteiger partial charge in [-0.15, -0.1) is 7.92 Å². The molecule has 1 heterocycles. The van der Waals surface area contributed by atoms with E-state index in [9.17, 15) is 0 Å². The normalized spacial score (nSPS) is 36.8. The van der Waals surface area contributed by atoms with Crippen LogP contribution in [0.1, 0.15) is 26.7 Å². The van der Waals surface area contributed by atoms with Crippen LogP contribution in [0, 0.1) is 0 Å². The SMILES string of the molecule is CCC1CCP1CC. The Morgan fingerprint density at radius 2 is 2.25 bits per heavy atom. The molecule has 0 aliphatic carbocycles. The van der Waals surface area contributed by atoms with Crippen LogP contribution in [-0.4, -0.2) is 18.0 Å². The summed E-state index contributed by atoms with van der Waals surface area (Å²) in [4.78, 5) is 0. The lowest BCUT2D eigenvalue weighted by molar-refractivity contribution is 0.729. The zero-order valence-electron chi connectivity index (χ0n) is 5.85. The van der Waals surface area contributed by atoms with Gasteiger partial charge < -0.3 is 0 Å². The molecule has 1 fully saturated rings. The van der Waals surface area contributed by atoms with Crippen LogP contribution in [-0.2, 0) is 0 Å². The molecule has 0 radical (unpaired) electrons. The molecule has 0 amide bonds. The van der Waals surface area contributed by atoms with E-state index in [1.807, 2.05) is 0 Å². The average Bonchev–Trinajstić information content (AvgIpc) is 1.66. The van der Waals surface area contributed by atoms with E-state index < -0.39 is 0 Å². The van der Waals surface area contributed by atoms with Gasteiger partial charge in [0.2, 0.25) is 0 Å².